The summed E-state index contributed by atoms with van der Waals surface area (Å²) in [4.78, 5) is 0. The zero-order chi connectivity index (χ0) is 8.60. The standard InChI is InChI=1S/C7H11ClS4/c1-5-3-9-7(11-5)10-4-6(2-8)12-7/h5-6H,2-4H2,1H3/t5-,6+,7+/m1/s1. The van der Waals surface area contributed by atoms with Crippen molar-refractivity contribution in [1.82, 2.24) is 0 Å². The van der Waals surface area contributed by atoms with Gasteiger partial charge in [0.1, 0.15) is 0 Å². The van der Waals surface area contributed by atoms with E-state index in [2.05, 4.69) is 54.0 Å². The first-order chi connectivity index (χ1) is 5.74. The van der Waals surface area contributed by atoms with Crippen molar-refractivity contribution in [3.63, 3.8) is 0 Å². The van der Waals surface area contributed by atoms with E-state index in [9.17, 15) is 0 Å². The van der Waals surface area contributed by atoms with Crippen molar-refractivity contribution in [2.75, 3.05) is 17.4 Å². The van der Waals surface area contributed by atoms with Crippen LogP contribution in [0.4, 0.5) is 0 Å². The van der Waals surface area contributed by atoms with Gasteiger partial charge in [-0.1, -0.05) is 6.92 Å². The maximum Gasteiger partial charge on any atom is 0.154 e. The minimum Gasteiger partial charge on any atom is -0.125 e. The second-order valence-electron chi connectivity index (χ2n) is 2.94. The van der Waals surface area contributed by atoms with Crippen molar-refractivity contribution in [2.45, 2.75) is 20.2 Å². The normalized spacial score (nSPS) is 47.5. The fraction of sp³-hybridized carbons (Fsp3) is 1.00. The van der Waals surface area contributed by atoms with Crippen molar-refractivity contribution in [3.8, 4) is 0 Å². The number of hydrogen-bond donors (Lipinski definition) is 0. The van der Waals surface area contributed by atoms with Gasteiger partial charge in [-0.05, 0) is 0 Å². The summed E-state index contributed by atoms with van der Waals surface area (Å²) in [5.41, 5.74) is 0. The van der Waals surface area contributed by atoms with Gasteiger partial charge in [0.05, 0.1) is 0 Å². The zero-order valence-corrected chi connectivity index (χ0v) is 10.8. The average Bonchev–Trinajstić information content (AvgIpc) is 2.61. The van der Waals surface area contributed by atoms with Gasteiger partial charge in [-0.15, -0.1) is 58.6 Å². The van der Waals surface area contributed by atoms with Gasteiger partial charge in [0.2, 0.25) is 0 Å². The maximum absolute atomic E-state index is 5.85. The molecule has 3 atom stereocenters. The molecule has 0 aromatic heterocycles. The summed E-state index contributed by atoms with van der Waals surface area (Å²) >= 11 is 14.3. The smallest absolute Gasteiger partial charge is 0.125 e. The molecule has 2 aliphatic rings. The van der Waals surface area contributed by atoms with E-state index in [-0.39, 0.29) is 0 Å². The quantitative estimate of drug-likeness (QED) is 0.660. The molecule has 2 aliphatic heterocycles. The van der Waals surface area contributed by atoms with Crippen LogP contribution in [0.5, 0.6) is 0 Å². The molecule has 0 aromatic rings. The van der Waals surface area contributed by atoms with Crippen molar-refractivity contribution >= 4 is 58.6 Å². The van der Waals surface area contributed by atoms with E-state index in [4.69, 9.17) is 11.6 Å². The molecule has 70 valence electrons. The summed E-state index contributed by atoms with van der Waals surface area (Å²) in [5.74, 6) is 3.36. The molecule has 5 heteroatoms. The van der Waals surface area contributed by atoms with E-state index in [1.165, 1.54) is 11.5 Å². The molecule has 0 N–H and O–H groups in total. The Hall–Kier alpha value is 1.69. The first kappa shape index (κ1) is 10.2. The summed E-state index contributed by atoms with van der Waals surface area (Å²) in [7, 11) is 0. The highest BCUT2D eigenvalue weighted by molar-refractivity contribution is 8.50. The van der Waals surface area contributed by atoms with Crippen molar-refractivity contribution in [1.29, 1.82) is 0 Å². The van der Waals surface area contributed by atoms with E-state index in [1.54, 1.807) is 0 Å². The summed E-state index contributed by atoms with van der Waals surface area (Å²) < 4.78 is 0.416. The number of alkyl halides is 1. The number of halogens is 1. The molecule has 0 saturated carbocycles. The molecular weight excluding hydrogens is 248 g/mol. The highest BCUT2D eigenvalue weighted by Gasteiger charge is 2.46. The van der Waals surface area contributed by atoms with Crippen LogP contribution in [0.3, 0.4) is 0 Å². The van der Waals surface area contributed by atoms with Gasteiger partial charge < -0.3 is 0 Å². The minimum absolute atomic E-state index is 0.416. The van der Waals surface area contributed by atoms with Crippen LogP contribution in [0, 0.1) is 0 Å². The third-order valence-corrected chi connectivity index (χ3v) is 10.4. The van der Waals surface area contributed by atoms with Crippen LogP contribution >= 0.6 is 58.6 Å². The predicted octanol–water partition coefficient (Wildman–Crippen LogP) is 3.55. The highest BCUT2D eigenvalue weighted by Crippen LogP contribution is 2.66. The average molecular weight is 259 g/mol. The first-order valence-electron chi connectivity index (χ1n) is 3.93. The summed E-state index contributed by atoms with van der Waals surface area (Å²) in [6.45, 7) is 2.32. The Morgan fingerprint density at radius 3 is 2.58 bits per heavy atom. The zero-order valence-electron chi connectivity index (χ0n) is 6.79. The van der Waals surface area contributed by atoms with E-state index < -0.39 is 0 Å². The fourth-order valence-corrected chi connectivity index (χ4v) is 10.1. The molecule has 2 saturated heterocycles. The molecule has 12 heavy (non-hydrogen) atoms. The van der Waals surface area contributed by atoms with Crippen molar-refractivity contribution in [2.24, 2.45) is 0 Å². The maximum atomic E-state index is 5.85. The minimum atomic E-state index is 0.416. The molecule has 0 amide bonds. The Labute approximate surface area is 95.7 Å². The lowest BCUT2D eigenvalue weighted by Crippen LogP contribution is -2.04. The van der Waals surface area contributed by atoms with Crippen LogP contribution in [0.1, 0.15) is 6.92 Å². The molecule has 0 unspecified atom stereocenters. The van der Waals surface area contributed by atoms with E-state index in [1.807, 2.05) is 0 Å². The van der Waals surface area contributed by atoms with Gasteiger partial charge in [0.15, 0.2) is 2.74 Å². The molecule has 0 aromatic carbocycles. The monoisotopic (exact) mass is 258 g/mol. The van der Waals surface area contributed by atoms with Gasteiger partial charge in [0.25, 0.3) is 0 Å². The molecular formula is C7H11ClS4. The van der Waals surface area contributed by atoms with Gasteiger partial charge in [-0.25, -0.2) is 0 Å². The third-order valence-electron chi connectivity index (χ3n) is 1.77. The van der Waals surface area contributed by atoms with E-state index in [0.29, 0.717) is 7.99 Å². The van der Waals surface area contributed by atoms with Gasteiger partial charge in [-0.3, -0.25) is 0 Å². The fourth-order valence-electron chi connectivity index (χ4n) is 1.21. The van der Waals surface area contributed by atoms with Crippen LogP contribution in [0.2, 0.25) is 0 Å². The summed E-state index contributed by atoms with van der Waals surface area (Å²) in [5, 5.41) is 1.51. The topological polar surface area (TPSA) is 0 Å². The number of hydrogen-bond acceptors (Lipinski definition) is 4. The Balaban J connectivity index is 1.97. The second kappa shape index (κ2) is 4.05. The third kappa shape index (κ3) is 2.02. The van der Waals surface area contributed by atoms with Crippen molar-refractivity contribution in [3.05, 3.63) is 0 Å². The SMILES string of the molecule is C[C@@H]1CS[C@]2(SC[C@H](CCl)S2)S1. The van der Waals surface area contributed by atoms with E-state index in [0.717, 1.165) is 11.1 Å². The number of rotatable bonds is 1. The highest BCUT2D eigenvalue weighted by atomic mass is 35.5. The summed E-state index contributed by atoms with van der Waals surface area (Å²) in [6.07, 6.45) is 0. The van der Waals surface area contributed by atoms with Crippen LogP contribution < -0.4 is 0 Å². The Bertz CT molecular complexity index is 177. The Morgan fingerprint density at radius 1 is 1.33 bits per heavy atom. The van der Waals surface area contributed by atoms with Crippen molar-refractivity contribution < 1.29 is 0 Å². The second-order valence-corrected chi connectivity index (χ2v) is 10.4. The molecule has 0 radical (unpaired) electrons. The first-order valence-corrected chi connectivity index (χ1v) is 8.20. The van der Waals surface area contributed by atoms with E-state index >= 15 is 0 Å². The molecule has 1 spiro atoms. The van der Waals surface area contributed by atoms with Crippen LogP contribution in [0.15, 0.2) is 0 Å². The molecule has 0 aliphatic carbocycles. The molecule has 0 bridgehead atoms. The van der Waals surface area contributed by atoms with Crippen LogP contribution in [0.25, 0.3) is 0 Å². The Morgan fingerprint density at radius 2 is 2.08 bits per heavy atom. The molecule has 2 rings (SSSR count). The predicted molar refractivity (Wildman–Crippen MR) is 66.8 cm³/mol. The van der Waals surface area contributed by atoms with Gasteiger partial charge >= 0.3 is 0 Å². The summed E-state index contributed by atoms with van der Waals surface area (Å²) in [6, 6.07) is 0. The molecule has 2 heterocycles. The van der Waals surface area contributed by atoms with Crippen LogP contribution in [-0.2, 0) is 0 Å². The molecule has 0 nitrogen and oxygen atoms in total. The van der Waals surface area contributed by atoms with Gasteiger partial charge in [-0.2, -0.15) is 0 Å². The lowest BCUT2D eigenvalue weighted by atomic mass is 10.6. The Kier molecular flexibility index (Phi) is 3.45. The van der Waals surface area contributed by atoms with Crippen LogP contribution in [-0.4, -0.2) is 30.6 Å². The largest absolute Gasteiger partial charge is 0.154 e. The molecule has 2 fully saturated rings. The number of thioether (sulfide) groups is 4. The lowest BCUT2D eigenvalue weighted by Gasteiger charge is -2.18. The lowest BCUT2D eigenvalue weighted by molar-refractivity contribution is 1.15. The van der Waals surface area contributed by atoms with Gasteiger partial charge in [0, 0.05) is 27.9 Å².